The second-order valence-corrected chi connectivity index (χ2v) is 8.67. The smallest absolute Gasteiger partial charge is 0.337 e. The highest BCUT2D eigenvalue weighted by atomic mass is 35.5. The number of ether oxygens (including phenoxy) is 1. The van der Waals surface area contributed by atoms with Crippen molar-refractivity contribution >= 4 is 34.7 Å². The maximum absolute atomic E-state index is 13.7. The predicted molar refractivity (Wildman–Crippen MR) is 124 cm³/mol. The van der Waals surface area contributed by atoms with Gasteiger partial charge in [0, 0.05) is 33.3 Å². The fourth-order valence-electron chi connectivity index (χ4n) is 4.92. The molecule has 2 heterocycles. The standard InChI is InChI=1S/C27H18ClNO3/c1-15-6-12-18(13-7-15)29-21-14-32-27(31)23(21)22(16-8-10-17(28)11-9-16)24-25(29)19-4-2-3-5-20(19)26(24)30/h2-13,22H,14H2,1H3. The molecule has 3 aromatic carbocycles. The molecule has 1 unspecified atom stereocenters. The topological polar surface area (TPSA) is 46.6 Å². The van der Waals surface area contributed by atoms with E-state index in [9.17, 15) is 9.59 Å². The summed E-state index contributed by atoms with van der Waals surface area (Å²) in [5.74, 6) is -0.944. The average molecular weight is 440 g/mol. The zero-order valence-corrected chi connectivity index (χ0v) is 18.0. The number of esters is 1. The van der Waals surface area contributed by atoms with Crippen LogP contribution in [0.2, 0.25) is 5.02 Å². The Morgan fingerprint density at radius 3 is 2.28 bits per heavy atom. The van der Waals surface area contributed by atoms with E-state index in [1.54, 1.807) is 12.1 Å². The molecule has 0 aromatic heterocycles. The van der Waals surface area contributed by atoms with Gasteiger partial charge in [0.1, 0.15) is 6.61 Å². The number of fused-ring (bicyclic) bond motifs is 2. The number of hydrogen-bond donors (Lipinski definition) is 0. The van der Waals surface area contributed by atoms with Crippen LogP contribution in [0, 0.1) is 6.92 Å². The number of aryl methyl sites for hydroxylation is 1. The van der Waals surface area contributed by atoms with Gasteiger partial charge in [0.15, 0.2) is 5.78 Å². The Balaban J connectivity index is 1.67. The molecule has 0 spiro atoms. The van der Waals surface area contributed by atoms with Gasteiger partial charge in [-0.1, -0.05) is 65.7 Å². The van der Waals surface area contributed by atoms with Gasteiger partial charge in [0.25, 0.3) is 0 Å². The summed E-state index contributed by atoms with van der Waals surface area (Å²) < 4.78 is 5.52. The molecule has 4 nitrogen and oxygen atoms in total. The molecule has 3 aliphatic rings. The van der Waals surface area contributed by atoms with Gasteiger partial charge in [-0.05, 0) is 36.8 Å². The zero-order valence-electron chi connectivity index (χ0n) is 17.3. The van der Waals surface area contributed by atoms with E-state index in [0.29, 0.717) is 21.7 Å². The van der Waals surface area contributed by atoms with Crippen LogP contribution in [0.15, 0.2) is 89.6 Å². The lowest BCUT2D eigenvalue weighted by molar-refractivity contribution is -0.136. The summed E-state index contributed by atoms with van der Waals surface area (Å²) in [7, 11) is 0. The molecule has 0 saturated carbocycles. The Morgan fingerprint density at radius 1 is 0.875 bits per heavy atom. The van der Waals surface area contributed by atoms with Crippen LogP contribution in [0.4, 0.5) is 5.69 Å². The molecule has 0 fully saturated rings. The Morgan fingerprint density at radius 2 is 1.56 bits per heavy atom. The first kappa shape index (κ1) is 19.1. The Labute approximate surface area is 190 Å². The second kappa shape index (κ2) is 6.94. The summed E-state index contributed by atoms with van der Waals surface area (Å²) in [4.78, 5) is 28.7. The number of anilines is 1. The van der Waals surface area contributed by atoms with Gasteiger partial charge in [-0.15, -0.1) is 0 Å². The lowest BCUT2D eigenvalue weighted by atomic mass is 9.79. The average Bonchev–Trinajstić information content (AvgIpc) is 3.33. The third kappa shape index (κ3) is 2.63. The van der Waals surface area contributed by atoms with Crippen molar-refractivity contribution in [3.63, 3.8) is 0 Å². The van der Waals surface area contributed by atoms with Crippen LogP contribution in [-0.2, 0) is 9.53 Å². The van der Waals surface area contributed by atoms with Gasteiger partial charge in [-0.2, -0.15) is 0 Å². The van der Waals surface area contributed by atoms with Crippen molar-refractivity contribution in [2.45, 2.75) is 12.8 Å². The van der Waals surface area contributed by atoms with Gasteiger partial charge in [-0.3, -0.25) is 4.79 Å². The van der Waals surface area contributed by atoms with Crippen LogP contribution in [0.25, 0.3) is 5.70 Å². The van der Waals surface area contributed by atoms with Crippen molar-refractivity contribution in [2.24, 2.45) is 0 Å². The van der Waals surface area contributed by atoms with E-state index in [0.717, 1.165) is 33.8 Å². The van der Waals surface area contributed by atoms with Crippen molar-refractivity contribution in [1.82, 2.24) is 0 Å². The van der Waals surface area contributed by atoms with E-state index in [4.69, 9.17) is 16.3 Å². The molecule has 0 saturated heterocycles. The Hall–Kier alpha value is -3.63. The number of rotatable bonds is 2. The number of nitrogens with zero attached hydrogens (tertiary/aromatic N) is 1. The van der Waals surface area contributed by atoms with Crippen LogP contribution in [-0.4, -0.2) is 18.4 Å². The maximum atomic E-state index is 13.7. The first-order valence-corrected chi connectivity index (χ1v) is 10.8. The first-order valence-electron chi connectivity index (χ1n) is 10.5. The fraction of sp³-hybridized carbons (Fsp3) is 0.111. The molecular formula is C27H18ClNO3. The second-order valence-electron chi connectivity index (χ2n) is 8.23. The number of ketones is 1. The number of carbonyl (C=O) groups is 2. The SMILES string of the molecule is Cc1ccc(N2C3=C(C(=O)OC3)C(c3ccc(Cl)cc3)C3=C2c2ccccc2C3=O)cc1. The minimum absolute atomic E-state index is 0.0566. The number of hydrogen-bond acceptors (Lipinski definition) is 4. The van der Waals surface area contributed by atoms with E-state index < -0.39 is 5.92 Å². The maximum Gasteiger partial charge on any atom is 0.337 e. The van der Waals surface area contributed by atoms with Gasteiger partial charge >= 0.3 is 5.97 Å². The monoisotopic (exact) mass is 439 g/mol. The van der Waals surface area contributed by atoms with Crippen molar-refractivity contribution in [3.8, 4) is 0 Å². The number of Topliss-reactive ketones (excluding diaryl/α,β-unsaturated/α-hetero) is 1. The lowest BCUT2D eigenvalue weighted by Crippen LogP contribution is -2.30. The van der Waals surface area contributed by atoms with Gasteiger partial charge in [0.2, 0.25) is 0 Å². The van der Waals surface area contributed by atoms with Gasteiger partial charge < -0.3 is 9.64 Å². The summed E-state index contributed by atoms with van der Waals surface area (Å²) >= 11 is 6.13. The highest BCUT2D eigenvalue weighted by Gasteiger charge is 2.49. The summed E-state index contributed by atoms with van der Waals surface area (Å²) in [6.45, 7) is 2.20. The summed E-state index contributed by atoms with van der Waals surface area (Å²) in [5.41, 5.74) is 7.13. The quantitative estimate of drug-likeness (QED) is 0.482. The van der Waals surface area contributed by atoms with E-state index in [-0.39, 0.29) is 18.4 Å². The van der Waals surface area contributed by atoms with Crippen molar-refractivity contribution in [1.29, 1.82) is 0 Å². The minimum Gasteiger partial charge on any atom is -0.456 e. The molecule has 0 bridgehead atoms. The summed E-state index contributed by atoms with van der Waals surface area (Å²) in [6, 6.07) is 23.1. The number of carbonyl (C=O) groups excluding carboxylic acids is 2. The molecule has 156 valence electrons. The van der Waals surface area contributed by atoms with Crippen LogP contribution in [0.3, 0.4) is 0 Å². The van der Waals surface area contributed by atoms with E-state index in [1.807, 2.05) is 72.5 Å². The van der Waals surface area contributed by atoms with E-state index >= 15 is 0 Å². The molecule has 32 heavy (non-hydrogen) atoms. The van der Waals surface area contributed by atoms with Crippen LogP contribution in [0.5, 0.6) is 0 Å². The van der Waals surface area contributed by atoms with Crippen LogP contribution < -0.4 is 4.90 Å². The highest BCUT2D eigenvalue weighted by molar-refractivity contribution is 6.30. The van der Waals surface area contributed by atoms with Crippen molar-refractivity contribution in [2.75, 3.05) is 11.5 Å². The normalized spacial score (nSPS) is 19.2. The Kier molecular flexibility index (Phi) is 4.14. The summed E-state index contributed by atoms with van der Waals surface area (Å²) in [6.07, 6.45) is 0. The third-order valence-electron chi connectivity index (χ3n) is 6.36. The zero-order chi connectivity index (χ0) is 22.0. The van der Waals surface area contributed by atoms with Crippen molar-refractivity contribution in [3.05, 3.63) is 117 Å². The fourth-order valence-corrected chi connectivity index (χ4v) is 5.04. The molecule has 1 aliphatic carbocycles. The van der Waals surface area contributed by atoms with Crippen molar-refractivity contribution < 1.29 is 14.3 Å². The Bertz CT molecular complexity index is 1370. The molecule has 2 aliphatic heterocycles. The molecule has 0 N–H and O–H groups in total. The third-order valence-corrected chi connectivity index (χ3v) is 6.62. The number of halogens is 1. The lowest BCUT2D eigenvalue weighted by Gasteiger charge is -2.35. The number of cyclic esters (lactones) is 1. The molecule has 1 atom stereocenters. The molecule has 6 rings (SSSR count). The van der Waals surface area contributed by atoms with Crippen LogP contribution in [0.1, 0.15) is 33.0 Å². The number of benzene rings is 3. The summed E-state index contributed by atoms with van der Waals surface area (Å²) in [5, 5.41) is 0.601. The molecule has 0 radical (unpaired) electrons. The van der Waals surface area contributed by atoms with E-state index in [2.05, 4.69) is 0 Å². The van der Waals surface area contributed by atoms with Crippen LogP contribution >= 0.6 is 11.6 Å². The minimum atomic E-state index is -0.506. The van der Waals surface area contributed by atoms with E-state index in [1.165, 1.54) is 0 Å². The molecule has 5 heteroatoms. The molecular weight excluding hydrogens is 422 g/mol. The first-order chi connectivity index (χ1) is 15.5. The van der Waals surface area contributed by atoms with Gasteiger partial charge in [0.05, 0.1) is 17.0 Å². The number of allylic oxidation sites excluding steroid dienone is 1. The highest BCUT2D eigenvalue weighted by Crippen LogP contribution is 2.53. The molecule has 0 amide bonds. The largest absolute Gasteiger partial charge is 0.456 e. The molecule has 3 aromatic rings. The van der Waals surface area contributed by atoms with Gasteiger partial charge in [-0.25, -0.2) is 4.79 Å². The predicted octanol–water partition coefficient (Wildman–Crippen LogP) is 5.67.